The van der Waals surface area contributed by atoms with Gasteiger partial charge in [-0.25, -0.2) is 0 Å². The summed E-state index contributed by atoms with van der Waals surface area (Å²) in [5, 5.41) is 14.2. The van der Waals surface area contributed by atoms with Crippen LogP contribution < -0.4 is 10.1 Å². The van der Waals surface area contributed by atoms with Gasteiger partial charge in [0.25, 0.3) is 0 Å². The predicted molar refractivity (Wildman–Crippen MR) is 74.7 cm³/mol. The Bertz CT molecular complexity index is 517. The maximum atomic E-state index is 11.8. The molecule has 0 radical (unpaired) electrons. The molecule has 0 saturated carbocycles. The van der Waals surface area contributed by atoms with Crippen molar-refractivity contribution in [3.63, 3.8) is 0 Å². The molecule has 1 aliphatic heterocycles. The van der Waals surface area contributed by atoms with E-state index in [9.17, 15) is 14.9 Å². The molecule has 0 amide bonds. The van der Waals surface area contributed by atoms with Crippen LogP contribution in [0.25, 0.3) is 0 Å². The second-order valence-electron chi connectivity index (χ2n) is 4.81. The molecule has 21 heavy (non-hydrogen) atoms. The number of esters is 1. The lowest BCUT2D eigenvalue weighted by Crippen LogP contribution is -2.34. The Kier molecular flexibility index (Phi) is 4.74. The molecular weight excluding hydrogens is 276 g/mol. The summed E-state index contributed by atoms with van der Waals surface area (Å²) in [6.45, 7) is 1.96. The third kappa shape index (κ3) is 3.30. The van der Waals surface area contributed by atoms with Crippen molar-refractivity contribution < 1.29 is 19.2 Å². The number of rotatable bonds is 5. The average molecular weight is 294 g/mol. The molecule has 0 aliphatic carbocycles. The summed E-state index contributed by atoms with van der Waals surface area (Å²) >= 11 is 0. The van der Waals surface area contributed by atoms with Crippen LogP contribution in [0, 0.1) is 10.1 Å². The van der Waals surface area contributed by atoms with E-state index in [1.54, 1.807) is 38.3 Å². The molecule has 7 nitrogen and oxygen atoms in total. The molecule has 1 N–H and O–H groups in total. The van der Waals surface area contributed by atoms with Gasteiger partial charge in [0.15, 0.2) is 0 Å². The Labute approximate surface area is 122 Å². The molecule has 1 heterocycles. The molecule has 1 fully saturated rings. The number of hydrogen-bond acceptors (Lipinski definition) is 6. The van der Waals surface area contributed by atoms with Crippen LogP contribution in [0.2, 0.25) is 0 Å². The van der Waals surface area contributed by atoms with Crippen molar-refractivity contribution in [3.05, 3.63) is 39.9 Å². The highest BCUT2D eigenvalue weighted by Crippen LogP contribution is 2.30. The lowest BCUT2D eigenvalue weighted by atomic mass is 10.0. The molecular formula is C14H18N2O5. The van der Waals surface area contributed by atoms with E-state index in [-0.39, 0.29) is 18.0 Å². The average Bonchev–Trinajstić information content (AvgIpc) is 2.93. The van der Waals surface area contributed by atoms with Gasteiger partial charge in [0.2, 0.25) is 6.04 Å². The zero-order chi connectivity index (χ0) is 15.4. The van der Waals surface area contributed by atoms with Crippen molar-refractivity contribution in [1.82, 2.24) is 5.32 Å². The summed E-state index contributed by atoms with van der Waals surface area (Å²) in [5.41, 5.74) is 0.754. The van der Waals surface area contributed by atoms with E-state index < -0.39 is 24.1 Å². The van der Waals surface area contributed by atoms with Crippen LogP contribution in [0.1, 0.15) is 24.9 Å². The van der Waals surface area contributed by atoms with Crippen molar-refractivity contribution in [2.45, 2.75) is 31.5 Å². The van der Waals surface area contributed by atoms with Crippen LogP contribution in [-0.4, -0.2) is 36.7 Å². The van der Waals surface area contributed by atoms with Crippen LogP contribution in [0.4, 0.5) is 0 Å². The van der Waals surface area contributed by atoms with Gasteiger partial charge in [-0.3, -0.25) is 20.2 Å². The molecule has 114 valence electrons. The number of nitro groups is 1. The number of carbonyl (C=O) groups excluding carboxylic acids is 1. The third-order valence-corrected chi connectivity index (χ3v) is 3.56. The fraction of sp³-hybridized carbons (Fsp3) is 0.500. The molecule has 1 saturated heterocycles. The number of hydrogen-bond donors (Lipinski definition) is 1. The van der Waals surface area contributed by atoms with Crippen LogP contribution in [-0.2, 0) is 9.53 Å². The van der Waals surface area contributed by atoms with Gasteiger partial charge >= 0.3 is 5.97 Å². The van der Waals surface area contributed by atoms with Gasteiger partial charge in [0, 0.05) is 11.3 Å². The standard InChI is InChI=1S/C14H18N2O5/c1-3-21-14(17)11-8-12(16(18)19)13(15-11)9-4-6-10(20-2)7-5-9/h4-7,11-13,15H,3,8H2,1-2H3/t11-,12-,13-/m0/s1. The third-order valence-electron chi connectivity index (χ3n) is 3.56. The maximum absolute atomic E-state index is 11.8. The fourth-order valence-electron chi connectivity index (χ4n) is 2.52. The van der Waals surface area contributed by atoms with E-state index in [0.717, 1.165) is 5.56 Å². The Balaban J connectivity index is 2.19. The molecule has 2 rings (SSSR count). The minimum atomic E-state index is -0.854. The van der Waals surface area contributed by atoms with Crippen molar-refractivity contribution in [2.75, 3.05) is 13.7 Å². The fourth-order valence-corrected chi connectivity index (χ4v) is 2.52. The number of carbonyl (C=O) groups is 1. The second kappa shape index (κ2) is 6.53. The predicted octanol–water partition coefficient (Wildman–Crippen LogP) is 1.31. The first-order valence-corrected chi connectivity index (χ1v) is 6.77. The second-order valence-corrected chi connectivity index (χ2v) is 4.81. The molecule has 0 unspecified atom stereocenters. The van der Waals surface area contributed by atoms with Crippen LogP contribution in [0.15, 0.2) is 24.3 Å². The molecule has 0 spiro atoms. The summed E-state index contributed by atoms with van der Waals surface area (Å²) in [7, 11) is 1.55. The van der Waals surface area contributed by atoms with Gasteiger partial charge in [-0.1, -0.05) is 12.1 Å². The largest absolute Gasteiger partial charge is 0.497 e. The molecule has 1 aromatic rings. The summed E-state index contributed by atoms with van der Waals surface area (Å²) in [6, 6.07) is 5.00. The molecule has 0 aromatic heterocycles. The highest BCUT2D eigenvalue weighted by Gasteiger charge is 2.45. The quantitative estimate of drug-likeness (QED) is 0.500. The smallest absolute Gasteiger partial charge is 0.323 e. The van der Waals surface area contributed by atoms with E-state index in [1.165, 1.54) is 0 Å². The molecule has 1 aliphatic rings. The number of ether oxygens (including phenoxy) is 2. The zero-order valence-corrected chi connectivity index (χ0v) is 11.9. The minimum Gasteiger partial charge on any atom is -0.497 e. The van der Waals surface area contributed by atoms with Gasteiger partial charge in [0.1, 0.15) is 17.8 Å². The van der Waals surface area contributed by atoms with Crippen LogP contribution >= 0.6 is 0 Å². The van der Waals surface area contributed by atoms with Gasteiger partial charge < -0.3 is 9.47 Å². The zero-order valence-electron chi connectivity index (χ0n) is 11.9. The van der Waals surface area contributed by atoms with Crippen molar-refractivity contribution in [3.8, 4) is 5.75 Å². The van der Waals surface area contributed by atoms with E-state index in [4.69, 9.17) is 9.47 Å². The number of methoxy groups -OCH3 is 1. The van der Waals surface area contributed by atoms with E-state index in [0.29, 0.717) is 5.75 Å². The van der Waals surface area contributed by atoms with Crippen molar-refractivity contribution >= 4 is 5.97 Å². The van der Waals surface area contributed by atoms with Gasteiger partial charge in [-0.2, -0.15) is 0 Å². The van der Waals surface area contributed by atoms with Gasteiger partial charge in [-0.05, 0) is 24.6 Å². The van der Waals surface area contributed by atoms with Gasteiger partial charge in [0.05, 0.1) is 13.7 Å². The molecule has 7 heteroatoms. The summed E-state index contributed by atoms with van der Waals surface area (Å²) in [6.07, 6.45) is 0.128. The van der Waals surface area contributed by atoms with Crippen molar-refractivity contribution in [2.24, 2.45) is 0 Å². The van der Waals surface area contributed by atoms with E-state index in [1.807, 2.05) is 0 Å². The summed E-state index contributed by atoms with van der Waals surface area (Å²) < 4.78 is 10.00. The highest BCUT2D eigenvalue weighted by atomic mass is 16.6. The number of benzene rings is 1. The van der Waals surface area contributed by atoms with Crippen molar-refractivity contribution in [1.29, 1.82) is 0 Å². The first kappa shape index (κ1) is 15.2. The Morgan fingerprint density at radius 2 is 2.10 bits per heavy atom. The lowest BCUT2D eigenvalue weighted by Gasteiger charge is -2.15. The highest BCUT2D eigenvalue weighted by molar-refractivity contribution is 5.76. The van der Waals surface area contributed by atoms with Gasteiger partial charge in [-0.15, -0.1) is 0 Å². The Morgan fingerprint density at radius 3 is 2.62 bits per heavy atom. The number of nitrogens with zero attached hydrogens (tertiary/aromatic N) is 1. The first-order chi connectivity index (χ1) is 10.1. The SMILES string of the molecule is CCOC(=O)[C@@H]1C[C@H]([N+](=O)[O-])[C@H](c2ccc(OC)cc2)N1. The first-order valence-electron chi connectivity index (χ1n) is 6.77. The molecule has 3 atom stereocenters. The molecule has 0 bridgehead atoms. The Hall–Kier alpha value is -2.15. The van der Waals surface area contributed by atoms with E-state index in [2.05, 4.69) is 5.32 Å². The summed E-state index contributed by atoms with van der Waals surface area (Å²) in [5.74, 6) is 0.233. The topological polar surface area (TPSA) is 90.7 Å². The monoisotopic (exact) mass is 294 g/mol. The van der Waals surface area contributed by atoms with Crippen LogP contribution in [0.3, 0.4) is 0 Å². The Morgan fingerprint density at radius 1 is 1.43 bits per heavy atom. The normalized spacial score (nSPS) is 24.6. The van der Waals surface area contributed by atoms with Crippen LogP contribution in [0.5, 0.6) is 5.75 Å². The summed E-state index contributed by atoms with van der Waals surface area (Å²) in [4.78, 5) is 22.6. The maximum Gasteiger partial charge on any atom is 0.323 e. The molecule has 1 aromatic carbocycles. The number of nitrogens with one attached hydrogen (secondary N) is 1. The minimum absolute atomic E-state index is 0.128. The van der Waals surface area contributed by atoms with E-state index >= 15 is 0 Å². The lowest BCUT2D eigenvalue weighted by molar-refractivity contribution is -0.524.